The lowest BCUT2D eigenvalue weighted by atomic mass is 9.95. The Labute approximate surface area is 98.0 Å². The molecule has 88 valence electrons. The first-order chi connectivity index (χ1) is 7.64. The molecule has 2 atom stereocenters. The van der Waals surface area contributed by atoms with Crippen molar-refractivity contribution in [3.63, 3.8) is 0 Å². The fourth-order valence-electron chi connectivity index (χ4n) is 2.11. The zero-order valence-electron chi connectivity index (χ0n) is 10.4. The van der Waals surface area contributed by atoms with Crippen LogP contribution in [0.5, 0.6) is 0 Å². The number of ether oxygens (including phenoxy) is 1. The first kappa shape index (κ1) is 11.6. The van der Waals surface area contributed by atoms with Gasteiger partial charge in [0.1, 0.15) is 0 Å². The summed E-state index contributed by atoms with van der Waals surface area (Å²) in [6.07, 6.45) is 1.31. The maximum Gasteiger partial charge on any atom is 0.0952 e. The van der Waals surface area contributed by atoms with Gasteiger partial charge in [-0.1, -0.05) is 31.2 Å². The molecule has 1 aliphatic rings. The number of hydrogen-bond donors (Lipinski definition) is 1. The van der Waals surface area contributed by atoms with Gasteiger partial charge in [0.2, 0.25) is 0 Å². The van der Waals surface area contributed by atoms with Crippen LogP contribution in [0, 0.1) is 6.92 Å². The molecule has 1 aromatic rings. The van der Waals surface area contributed by atoms with E-state index in [1.807, 2.05) is 0 Å². The van der Waals surface area contributed by atoms with Crippen LogP contribution < -0.4 is 5.32 Å². The van der Waals surface area contributed by atoms with Gasteiger partial charge < -0.3 is 10.1 Å². The highest BCUT2D eigenvalue weighted by molar-refractivity contribution is 5.28. The van der Waals surface area contributed by atoms with Crippen LogP contribution in [0.3, 0.4) is 0 Å². The van der Waals surface area contributed by atoms with E-state index in [0.29, 0.717) is 0 Å². The standard InChI is InChI=1S/C14H21NO/c1-4-14(3)10-16-13(9-15-14)12-8-6-5-7-11(12)2/h5-8,13,15H,4,9-10H2,1-3H3. The molecule has 2 nitrogen and oxygen atoms in total. The average molecular weight is 219 g/mol. The van der Waals surface area contributed by atoms with Crippen molar-refractivity contribution < 1.29 is 4.74 Å². The number of aryl methyl sites for hydroxylation is 1. The topological polar surface area (TPSA) is 21.3 Å². The molecular weight excluding hydrogens is 198 g/mol. The quantitative estimate of drug-likeness (QED) is 0.826. The van der Waals surface area contributed by atoms with Crippen LogP contribution in [-0.4, -0.2) is 18.7 Å². The van der Waals surface area contributed by atoms with E-state index in [1.165, 1.54) is 11.1 Å². The Kier molecular flexibility index (Phi) is 3.31. The predicted octanol–water partition coefficient (Wildman–Crippen LogP) is 2.82. The molecule has 2 rings (SSSR count). The Morgan fingerprint density at radius 2 is 2.19 bits per heavy atom. The van der Waals surface area contributed by atoms with Crippen LogP contribution in [0.1, 0.15) is 37.5 Å². The fraction of sp³-hybridized carbons (Fsp3) is 0.571. The lowest BCUT2D eigenvalue weighted by Gasteiger charge is -2.38. The van der Waals surface area contributed by atoms with Crippen molar-refractivity contribution in [3.8, 4) is 0 Å². The van der Waals surface area contributed by atoms with Gasteiger partial charge in [-0.05, 0) is 31.4 Å². The minimum Gasteiger partial charge on any atom is -0.370 e. The Morgan fingerprint density at radius 3 is 2.75 bits per heavy atom. The van der Waals surface area contributed by atoms with Crippen molar-refractivity contribution in [2.45, 2.75) is 38.8 Å². The van der Waals surface area contributed by atoms with Crippen LogP contribution in [0.15, 0.2) is 24.3 Å². The molecular formula is C14H21NO. The van der Waals surface area contributed by atoms with Crippen molar-refractivity contribution in [3.05, 3.63) is 35.4 Å². The number of rotatable bonds is 2. The molecule has 16 heavy (non-hydrogen) atoms. The summed E-state index contributed by atoms with van der Waals surface area (Å²) in [4.78, 5) is 0. The second-order valence-corrected chi connectivity index (χ2v) is 4.95. The lowest BCUT2D eigenvalue weighted by molar-refractivity contribution is -0.0302. The second-order valence-electron chi connectivity index (χ2n) is 4.95. The Balaban J connectivity index is 2.07. The lowest BCUT2D eigenvalue weighted by Crippen LogP contribution is -2.52. The summed E-state index contributed by atoms with van der Waals surface area (Å²) in [7, 11) is 0. The zero-order valence-corrected chi connectivity index (χ0v) is 10.4. The number of morpholine rings is 1. The van der Waals surface area contributed by atoms with Crippen LogP contribution in [0.25, 0.3) is 0 Å². The Morgan fingerprint density at radius 1 is 1.44 bits per heavy atom. The molecule has 0 spiro atoms. The number of nitrogens with one attached hydrogen (secondary N) is 1. The maximum absolute atomic E-state index is 5.99. The third-order valence-corrected chi connectivity index (χ3v) is 3.63. The van der Waals surface area contributed by atoms with Gasteiger partial charge in [-0.3, -0.25) is 0 Å². The Bertz CT molecular complexity index is 354. The monoisotopic (exact) mass is 219 g/mol. The molecule has 0 aliphatic carbocycles. The van der Waals surface area contributed by atoms with E-state index in [9.17, 15) is 0 Å². The second kappa shape index (κ2) is 4.56. The van der Waals surface area contributed by atoms with E-state index < -0.39 is 0 Å². The molecule has 0 saturated carbocycles. The van der Waals surface area contributed by atoms with Gasteiger partial charge in [0.05, 0.1) is 12.7 Å². The molecule has 1 fully saturated rings. The molecule has 1 heterocycles. The molecule has 1 saturated heterocycles. The summed E-state index contributed by atoms with van der Waals surface area (Å²) in [5, 5.41) is 3.60. The summed E-state index contributed by atoms with van der Waals surface area (Å²) in [6.45, 7) is 8.27. The molecule has 0 bridgehead atoms. The molecule has 1 N–H and O–H groups in total. The van der Waals surface area contributed by atoms with Gasteiger partial charge in [-0.15, -0.1) is 0 Å². The Hall–Kier alpha value is -0.860. The van der Waals surface area contributed by atoms with Crippen molar-refractivity contribution in [1.82, 2.24) is 5.32 Å². The first-order valence-electron chi connectivity index (χ1n) is 6.07. The van der Waals surface area contributed by atoms with E-state index in [-0.39, 0.29) is 11.6 Å². The highest BCUT2D eigenvalue weighted by Crippen LogP contribution is 2.26. The van der Waals surface area contributed by atoms with Crippen LogP contribution in [-0.2, 0) is 4.74 Å². The highest BCUT2D eigenvalue weighted by Gasteiger charge is 2.30. The molecule has 1 aliphatic heterocycles. The summed E-state index contributed by atoms with van der Waals surface area (Å²) >= 11 is 0. The van der Waals surface area contributed by atoms with Gasteiger partial charge in [-0.2, -0.15) is 0 Å². The van der Waals surface area contributed by atoms with Crippen molar-refractivity contribution >= 4 is 0 Å². The normalized spacial score (nSPS) is 30.3. The van der Waals surface area contributed by atoms with Gasteiger partial charge in [0.15, 0.2) is 0 Å². The van der Waals surface area contributed by atoms with E-state index in [4.69, 9.17) is 4.74 Å². The predicted molar refractivity (Wildman–Crippen MR) is 66.6 cm³/mol. The largest absolute Gasteiger partial charge is 0.370 e. The summed E-state index contributed by atoms with van der Waals surface area (Å²) in [5.41, 5.74) is 2.78. The van der Waals surface area contributed by atoms with Crippen molar-refractivity contribution in [1.29, 1.82) is 0 Å². The molecule has 0 radical (unpaired) electrons. The number of hydrogen-bond acceptors (Lipinski definition) is 2. The first-order valence-corrected chi connectivity index (χ1v) is 6.07. The minimum absolute atomic E-state index is 0.152. The summed E-state index contributed by atoms with van der Waals surface area (Å²) in [6, 6.07) is 8.47. The molecule has 0 amide bonds. The molecule has 2 heteroatoms. The molecule has 1 aromatic carbocycles. The average Bonchev–Trinajstić information content (AvgIpc) is 2.31. The maximum atomic E-state index is 5.99. The van der Waals surface area contributed by atoms with Crippen LogP contribution in [0.4, 0.5) is 0 Å². The van der Waals surface area contributed by atoms with Gasteiger partial charge in [0.25, 0.3) is 0 Å². The van der Waals surface area contributed by atoms with E-state index in [1.54, 1.807) is 0 Å². The van der Waals surface area contributed by atoms with Crippen LogP contribution in [0.2, 0.25) is 0 Å². The molecule has 2 unspecified atom stereocenters. The van der Waals surface area contributed by atoms with E-state index in [0.717, 1.165) is 19.6 Å². The summed E-state index contributed by atoms with van der Waals surface area (Å²) in [5.74, 6) is 0. The zero-order chi connectivity index (χ0) is 11.6. The highest BCUT2D eigenvalue weighted by atomic mass is 16.5. The van der Waals surface area contributed by atoms with Gasteiger partial charge >= 0.3 is 0 Å². The van der Waals surface area contributed by atoms with Gasteiger partial charge in [0, 0.05) is 12.1 Å². The summed E-state index contributed by atoms with van der Waals surface area (Å²) < 4.78 is 5.99. The number of benzene rings is 1. The third kappa shape index (κ3) is 2.28. The van der Waals surface area contributed by atoms with E-state index >= 15 is 0 Å². The smallest absolute Gasteiger partial charge is 0.0952 e. The van der Waals surface area contributed by atoms with Crippen molar-refractivity contribution in [2.24, 2.45) is 0 Å². The van der Waals surface area contributed by atoms with Crippen molar-refractivity contribution in [2.75, 3.05) is 13.2 Å². The third-order valence-electron chi connectivity index (χ3n) is 3.63. The van der Waals surface area contributed by atoms with Crippen LogP contribution >= 0.6 is 0 Å². The molecule has 0 aromatic heterocycles. The van der Waals surface area contributed by atoms with E-state index in [2.05, 4.69) is 50.4 Å². The fourth-order valence-corrected chi connectivity index (χ4v) is 2.11. The van der Waals surface area contributed by atoms with Gasteiger partial charge in [-0.25, -0.2) is 0 Å². The SMILES string of the molecule is CCC1(C)COC(c2ccccc2C)CN1. The minimum atomic E-state index is 0.152.